The SMILES string of the molecule is O=C(C1CCCC1)N1CCC(n2cnc3cnc4[nH]ccc4c32)CC1. The van der Waals surface area contributed by atoms with Gasteiger partial charge < -0.3 is 14.5 Å². The third-order valence-corrected chi connectivity index (χ3v) is 5.99. The Kier molecular flexibility index (Phi) is 3.50. The van der Waals surface area contributed by atoms with Crippen LogP contribution in [0.4, 0.5) is 0 Å². The molecule has 1 amide bonds. The smallest absolute Gasteiger partial charge is 0.225 e. The molecule has 6 heteroatoms. The number of piperidine rings is 1. The summed E-state index contributed by atoms with van der Waals surface area (Å²) >= 11 is 0. The van der Waals surface area contributed by atoms with Gasteiger partial charge in [0.1, 0.15) is 11.2 Å². The lowest BCUT2D eigenvalue weighted by atomic mass is 10.0. The van der Waals surface area contributed by atoms with Gasteiger partial charge in [0.05, 0.1) is 18.0 Å². The first-order chi connectivity index (χ1) is 12.3. The molecule has 1 N–H and O–H groups in total. The van der Waals surface area contributed by atoms with Crippen LogP contribution in [-0.4, -0.2) is 43.4 Å². The second kappa shape index (κ2) is 5.86. The van der Waals surface area contributed by atoms with Crippen LogP contribution in [0.2, 0.25) is 0 Å². The van der Waals surface area contributed by atoms with Crippen LogP contribution in [0.15, 0.2) is 24.8 Å². The lowest BCUT2D eigenvalue weighted by molar-refractivity contribution is -0.136. The number of nitrogens with one attached hydrogen (secondary N) is 1. The van der Waals surface area contributed by atoms with Gasteiger partial charge in [-0.05, 0) is 31.7 Å². The summed E-state index contributed by atoms with van der Waals surface area (Å²) in [6, 6.07) is 2.47. The standard InChI is InChI=1S/C19H23N5O/c25-19(13-3-1-2-4-13)23-9-6-14(7-10-23)24-12-22-16-11-21-18-15(17(16)24)5-8-20-18/h5,8,11-14H,1-4,6-7,9-10H2,(H,20,21). The summed E-state index contributed by atoms with van der Waals surface area (Å²) in [6.07, 6.45) is 12.3. The van der Waals surface area contributed by atoms with Gasteiger partial charge in [0.15, 0.2) is 0 Å². The molecule has 0 aromatic carbocycles. The summed E-state index contributed by atoms with van der Waals surface area (Å²) < 4.78 is 2.30. The normalized spacial score (nSPS) is 20.1. The van der Waals surface area contributed by atoms with Crippen molar-refractivity contribution in [3.8, 4) is 0 Å². The van der Waals surface area contributed by atoms with Crippen molar-refractivity contribution in [1.29, 1.82) is 0 Å². The molecule has 6 nitrogen and oxygen atoms in total. The maximum Gasteiger partial charge on any atom is 0.225 e. The molecule has 2 fully saturated rings. The molecular weight excluding hydrogens is 314 g/mol. The number of likely N-dealkylation sites (tertiary alicyclic amines) is 1. The van der Waals surface area contributed by atoms with E-state index >= 15 is 0 Å². The molecule has 1 aliphatic heterocycles. The van der Waals surface area contributed by atoms with Gasteiger partial charge in [0, 0.05) is 36.6 Å². The van der Waals surface area contributed by atoms with Crippen molar-refractivity contribution < 1.29 is 4.79 Å². The summed E-state index contributed by atoms with van der Waals surface area (Å²) in [5.41, 5.74) is 3.01. The fraction of sp³-hybridized carbons (Fsp3) is 0.526. The van der Waals surface area contributed by atoms with E-state index in [1.807, 2.05) is 18.7 Å². The molecule has 2 aliphatic rings. The highest BCUT2D eigenvalue weighted by atomic mass is 16.2. The van der Waals surface area contributed by atoms with Crippen LogP contribution in [0.5, 0.6) is 0 Å². The van der Waals surface area contributed by atoms with Crippen LogP contribution < -0.4 is 0 Å². The average molecular weight is 337 g/mol. The van der Waals surface area contributed by atoms with E-state index in [1.165, 1.54) is 12.8 Å². The van der Waals surface area contributed by atoms with Crippen molar-refractivity contribution in [3.05, 3.63) is 24.8 Å². The number of hydrogen-bond acceptors (Lipinski definition) is 3. The third kappa shape index (κ3) is 2.42. The van der Waals surface area contributed by atoms with Gasteiger partial charge in [-0.25, -0.2) is 9.97 Å². The number of fused-ring (bicyclic) bond motifs is 3. The number of carbonyl (C=O) groups excluding carboxylic acids is 1. The molecule has 0 unspecified atom stereocenters. The van der Waals surface area contributed by atoms with E-state index in [1.54, 1.807) is 0 Å². The minimum atomic E-state index is 0.288. The molecule has 25 heavy (non-hydrogen) atoms. The van der Waals surface area contributed by atoms with Crippen LogP contribution in [0.25, 0.3) is 22.1 Å². The van der Waals surface area contributed by atoms with E-state index in [9.17, 15) is 4.79 Å². The molecule has 0 spiro atoms. The molecule has 3 aromatic rings. The van der Waals surface area contributed by atoms with E-state index < -0.39 is 0 Å². The number of amides is 1. The Bertz CT molecular complexity index is 912. The van der Waals surface area contributed by atoms with Crippen molar-refractivity contribution in [3.63, 3.8) is 0 Å². The maximum absolute atomic E-state index is 12.6. The number of hydrogen-bond donors (Lipinski definition) is 1. The second-order valence-electron chi connectivity index (χ2n) is 7.42. The van der Waals surface area contributed by atoms with Crippen LogP contribution in [0.3, 0.4) is 0 Å². The lowest BCUT2D eigenvalue weighted by Gasteiger charge is -2.34. The zero-order valence-corrected chi connectivity index (χ0v) is 14.3. The van der Waals surface area contributed by atoms with E-state index in [-0.39, 0.29) is 5.92 Å². The van der Waals surface area contributed by atoms with E-state index in [0.717, 1.165) is 60.8 Å². The zero-order chi connectivity index (χ0) is 16.8. The molecule has 1 saturated carbocycles. The molecule has 0 bridgehead atoms. The predicted molar refractivity (Wildman–Crippen MR) is 96.2 cm³/mol. The van der Waals surface area contributed by atoms with Gasteiger partial charge in [-0.3, -0.25) is 4.79 Å². The number of imidazole rings is 1. The molecule has 1 saturated heterocycles. The molecule has 4 heterocycles. The van der Waals surface area contributed by atoms with Crippen molar-refractivity contribution in [2.45, 2.75) is 44.6 Å². The lowest BCUT2D eigenvalue weighted by Crippen LogP contribution is -2.41. The number of H-pyrrole nitrogens is 1. The Labute approximate surface area is 146 Å². The third-order valence-electron chi connectivity index (χ3n) is 5.99. The van der Waals surface area contributed by atoms with Crippen molar-refractivity contribution >= 4 is 28.0 Å². The summed E-state index contributed by atoms with van der Waals surface area (Å²) in [5.74, 6) is 0.680. The first-order valence-corrected chi connectivity index (χ1v) is 9.38. The molecule has 1 aliphatic carbocycles. The van der Waals surface area contributed by atoms with Gasteiger partial charge in [-0.1, -0.05) is 12.8 Å². The van der Waals surface area contributed by atoms with Gasteiger partial charge in [0.25, 0.3) is 0 Å². The predicted octanol–water partition coefficient (Wildman–Crippen LogP) is 3.27. The van der Waals surface area contributed by atoms with Gasteiger partial charge in [-0.2, -0.15) is 0 Å². The first-order valence-electron chi connectivity index (χ1n) is 9.38. The van der Waals surface area contributed by atoms with Crippen molar-refractivity contribution in [1.82, 2.24) is 24.4 Å². The van der Waals surface area contributed by atoms with E-state index in [0.29, 0.717) is 11.9 Å². The summed E-state index contributed by atoms with van der Waals surface area (Å²) in [5, 5.41) is 1.12. The first kappa shape index (κ1) is 14.9. The van der Waals surface area contributed by atoms with Crippen LogP contribution in [0, 0.1) is 5.92 Å². The Morgan fingerprint density at radius 1 is 1.12 bits per heavy atom. The molecule has 3 aromatic heterocycles. The minimum Gasteiger partial charge on any atom is -0.346 e. The number of carbonyl (C=O) groups is 1. The molecule has 5 rings (SSSR count). The van der Waals surface area contributed by atoms with Crippen LogP contribution in [-0.2, 0) is 4.79 Å². The number of aromatic amines is 1. The topological polar surface area (TPSA) is 66.8 Å². The summed E-state index contributed by atoms with van der Waals surface area (Å²) in [6.45, 7) is 1.72. The highest BCUT2D eigenvalue weighted by Gasteiger charge is 2.30. The number of nitrogens with zero attached hydrogens (tertiary/aromatic N) is 4. The zero-order valence-electron chi connectivity index (χ0n) is 14.3. The highest BCUT2D eigenvalue weighted by Crippen LogP contribution is 2.32. The molecule has 0 atom stereocenters. The maximum atomic E-state index is 12.6. The quantitative estimate of drug-likeness (QED) is 0.780. The monoisotopic (exact) mass is 337 g/mol. The highest BCUT2D eigenvalue weighted by molar-refractivity contribution is 6.00. The van der Waals surface area contributed by atoms with Crippen molar-refractivity contribution in [2.75, 3.05) is 13.1 Å². The van der Waals surface area contributed by atoms with Crippen molar-refractivity contribution in [2.24, 2.45) is 5.92 Å². The number of aromatic nitrogens is 4. The average Bonchev–Trinajstić information content (AvgIpc) is 3.40. The Hall–Kier alpha value is -2.37. The fourth-order valence-electron chi connectivity index (χ4n) is 4.60. The number of rotatable bonds is 2. The molecule has 130 valence electrons. The Morgan fingerprint density at radius 2 is 1.92 bits per heavy atom. The minimum absolute atomic E-state index is 0.288. The Morgan fingerprint density at radius 3 is 2.72 bits per heavy atom. The van der Waals surface area contributed by atoms with Gasteiger partial charge >= 0.3 is 0 Å². The summed E-state index contributed by atoms with van der Waals surface area (Å²) in [4.78, 5) is 26.9. The van der Waals surface area contributed by atoms with Crippen LogP contribution in [0.1, 0.15) is 44.6 Å². The summed E-state index contributed by atoms with van der Waals surface area (Å²) in [7, 11) is 0. The number of pyridine rings is 1. The van der Waals surface area contributed by atoms with Gasteiger partial charge in [0.2, 0.25) is 5.91 Å². The van der Waals surface area contributed by atoms with Gasteiger partial charge in [-0.15, -0.1) is 0 Å². The second-order valence-corrected chi connectivity index (χ2v) is 7.42. The van der Waals surface area contributed by atoms with E-state index in [2.05, 4.69) is 30.5 Å². The fourth-order valence-corrected chi connectivity index (χ4v) is 4.60. The largest absolute Gasteiger partial charge is 0.346 e. The molecule has 0 radical (unpaired) electrons. The Balaban J connectivity index is 1.38. The van der Waals surface area contributed by atoms with E-state index in [4.69, 9.17) is 0 Å². The van der Waals surface area contributed by atoms with Crippen LogP contribution >= 0.6 is 0 Å². The molecular formula is C19H23N5O.